The number of rotatable bonds is 3. The van der Waals surface area contributed by atoms with E-state index in [-0.39, 0.29) is 18.3 Å². The molecule has 0 aliphatic rings. The monoisotopic (exact) mass is 219 g/mol. The first kappa shape index (κ1) is 10.2. The fourth-order valence-electron chi connectivity index (χ4n) is 1.08. The maximum atomic E-state index is 11.6. The number of anilines is 1. The zero-order valence-electron chi connectivity index (χ0n) is 8.25. The number of aromatic nitrogens is 3. The number of furan rings is 1. The first-order chi connectivity index (χ1) is 7.79. The number of nitrogens with one attached hydrogen (secondary N) is 1. The minimum atomic E-state index is -0.437. The number of nitrogens with zero attached hydrogens (tertiary/aromatic N) is 3. The number of amides is 1. The van der Waals surface area contributed by atoms with Gasteiger partial charge in [-0.3, -0.25) is 10.1 Å². The van der Waals surface area contributed by atoms with Crippen LogP contribution in [0.5, 0.6) is 0 Å². The average molecular weight is 219 g/mol. The van der Waals surface area contributed by atoms with Crippen molar-refractivity contribution in [3.05, 3.63) is 36.0 Å². The Kier molecular flexibility index (Phi) is 2.88. The predicted octanol–water partition coefficient (Wildman–Crippen LogP) is 0.176. The summed E-state index contributed by atoms with van der Waals surface area (Å²) in [5, 5.41) is 9.62. The summed E-state index contributed by atoms with van der Waals surface area (Å²) in [6.07, 6.45) is 2.84. The van der Waals surface area contributed by atoms with Gasteiger partial charge in [-0.15, -0.1) is 5.10 Å². The van der Waals surface area contributed by atoms with Gasteiger partial charge in [0, 0.05) is 0 Å². The molecule has 0 aromatic carbocycles. The number of hydrogen-bond donors (Lipinski definition) is 2. The van der Waals surface area contributed by atoms with E-state index in [0.717, 1.165) is 0 Å². The molecule has 7 nitrogen and oxygen atoms in total. The van der Waals surface area contributed by atoms with Gasteiger partial charge in [0.15, 0.2) is 5.76 Å². The molecular weight excluding hydrogens is 210 g/mol. The first-order valence-electron chi connectivity index (χ1n) is 4.53. The zero-order valence-corrected chi connectivity index (χ0v) is 8.25. The quantitative estimate of drug-likeness (QED) is 0.762. The molecule has 3 N–H and O–H groups in total. The SMILES string of the molecule is NCc1ccc(C(=O)Nc2nccnn2)o1. The summed E-state index contributed by atoms with van der Waals surface area (Å²) >= 11 is 0. The van der Waals surface area contributed by atoms with Crippen LogP contribution in [0.15, 0.2) is 28.9 Å². The molecule has 0 radical (unpaired) electrons. The Morgan fingerprint density at radius 1 is 1.44 bits per heavy atom. The van der Waals surface area contributed by atoms with E-state index in [1.165, 1.54) is 18.5 Å². The Bertz CT molecular complexity index is 482. The van der Waals surface area contributed by atoms with E-state index in [1.807, 2.05) is 0 Å². The van der Waals surface area contributed by atoms with Gasteiger partial charge < -0.3 is 10.2 Å². The average Bonchev–Trinajstić information content (AvgIpc) is 2.79. The number of carbonyl (C=O) groups excluding carboxylic acids is 1. The van der Waals surface area contributed by atoms with E-state index in [0.29, 0.717) is 5.76 Å². The standard InChI is InChI=1S/C9H9N5O2/c10-5-6-1-2-7(16-6)8(15)13-9-11-3-4-12-14-9/h1-4H,5,10H2,(H,11,13,14,15). The zero-order chi connectivity index (χ0) is 11.4. The van der Waals surface area contributed by atoms with Gasteiger partial charge in [-0.25, -0.2) is 4.98 Å². The van der Waals surface area contributed by atoms with Gasteiger partial charge in [0.25, 0.3) is 5.91 Å². The first-order valence-corrected chi connectivity index (χ1v) is 4.53. The van der Waals surface area contributed by atoms with Gasteiger partial charge in [-0.05, 0) is 12.1 Å². The smallest absolute Gasteiger partial charge is 0.293 e. The molecule has 0 fully saturated rings. The molecule has 0 bridgehead atoms. The molecule has 2 aromatic heterocycles. The summed E-state index contributed by atoms with van der Waals surface area (Å²) in [4.78, 5) is 15.4. The highest BCUT2D eigenvalue weighted by Crippen LogP contribution is 2.08. The van der Waals surface area contributed by atoms with Crippen molar-refractivity contribution in [2.75, 3.05) is 5.32 Å². The highest BCUT2D eigenvalue weighted by Gasteiger charge is 2.11. The van der Waals surface area contributed by atoms with Crippen LogP contribution in [0.1, 0.15) is 16.3 Å². The lowest BCUT2D eigenvalue weighted by Crippen LogP contribution is -2.13. The highest BCUT2D eigenvalue weighted by molar-refractivity contribution is 6.01. The number of carbonyl (C=O) groups is 1. The van der Waals surface area contributed by atoms with Crippen LogP contribution in [0.2, 0.25) is 0 Å². The van der Waals surface area contributed by atoms with Crippen LogP contribution in [0.4, 0.5) is 5.95 Å². The molecule has 0 saturated carbocycles. The molecule has 0 atom stereocenters. The Balaban J connectivity index is 2.09. The van der Waals surface area contributed by atoms with Gasteiger partial charge in [0.2, 0.25) is 5.95 Å². The molecule has 2 rings (SSSR count). The lowest BCUT2D eigenvalue weighted by molar-refractivity contribution is 0.0994. The lowest BCUT2D eigenvalue weighted by Gasteiger charge is -1.98. The molecule has 7 heteroatoms. The molecule has 16 heavy (non-hydrogen) atoms. The molecule has 0 unspecified atom stereocenters. The largest absolute Gasteiger partial charge is 0.455 e. The number of nitrogens with two attached hydrogens (primary N) is 1. The Morgan fingerprint density at radius 3 is 2.94 bits per heavy atom. The Labute approximate surface area is 90.7 Å². The van der Waals surface area contributed by atoms with Crippen molar-refractivity contribution >= 4 is 11.9 Å². The second-order valence-corrected chi connectivity index (χ2v) is 2.89. The molecule has 0 saturated heterocycles. The van der Waals surface area contributed by atoms with E-state index in [1.54, 1.807) is 6.07 Å². The van der Waals surface area contributed by atoms with Crippen LogP contribution in [-0.4, -0.2) is 21.1 Å². The molecule has 82 valence electrons. The van der Waals surface area contributed by atoms with Crippen molar-refractivity contribution in [1.29, 1.82) is 0 Å². The van der Waals surface area contributed by atoms with Crippen molar-refractivity contribution in [2.45, 2.75) is 6.54 Å². The van der Waals surface area contributed by atoms with Crippen molar-refractivity contribution in [1.82, 2.24) is 15.2 Å². The summed E-state index contributed by atoms with van der Waals surface area (Å²) in [5.74, 6) is 0.385. The highest BCUT2D eigenvalue weighted by atomic mass is 16.4. The third-order valence-corrected chi connectivity index (χ3v) is 1.79. The van der Waals surface area contributed by atoms with E-state index < -0.39 is 5.91 Å². The van der Waals surface area contributed by atoms with Crippen LogP contribution in [0.25, 0.3) is 0 Å². The summed E-state index contributed by atoms with van der Waals surface area (Å²) in [6, 6.07) is 3.17. The van der Waals surface area contributed by atoms with Gasteiger partial charge >= 0.3 is 0 Å². The van der Waals surface area contributed by atoms with Crippen LogP contribution in [0.3, 0.4) is 0 Å². The molecule has 0 aliphatic heterocycles. The summed E-state index contributed by atoms with van der Waals surface area (Å²) in [6.45, 7) is 0.247. The van der Waals surface area contributed by atoms with Crippen molar-refractivity contribution in [3.8, 4) is 0 Å². The third-order valence-electron chi connectivity index (χ3n) is 1.79. The van der Waals surface area contributed by atoms with Crippen molar-refractivity contribution < 1.29 is 9.21 Å². The fraction of sp³-hybridized carbons (Fsp3) is 0.111. The second-order valence-electron chi connectivity index (χ2n) is 2.89. The molecule has 1 amide bonds. The Hall–Kier alpha value is -2.28. The van der Waals surface area contributed by atoms with Gasteiger partial charge in [-0.2, -0.15) is 5.10 Å². The molecular formula is C9H9N5O2. The second kappa shape index (κ2) is 4.49. The van der Waals surface area contributed by atoms with Crippen LogP contribution in [-0.2, 0) is 6.54 Å². The van der Waals surface area contributed by atoms with Crippen molar-refractivity contribution in [2.24, 2.45) is 5.73 Å². The summed E-state index contributed by atoms with van der Waals surface area (Å²) in [5.41, 5.74) is 5.36. The van der Waals surface area contributed by atoms with Gasteiger partial charge in [-0.1, -0.05) is 0 Å². The molecule has 0 spiro atoms. The molecule has 0 aliphatic carbocycles. The fourth-order valence-corrected chi connectivity index (χ4v) is 1.08. The van der Waals surface area contributed by atoms with E-state index >= 15 is 0 Å². The van der Waals surface area contributed by atoms with E-state index in [9.17, 15) is 4.79 Å². The predicted molar refractivity (Wildman–Crippen MR) is 54.4 cm³/mol. The van der Waals surface area contributed by atoms with E-state index in [4.69, 9.17) is 10.2 Å². The maximum Gasteiger partial charge on any atom is 0.293 e. The summed E-state index contributed by atoms with van der Waals surface area (Å²) in [7, 11) is 0. The normalized spacial score (nSPS) is 10.1. The number of hydrogen-bond acceptors (Lipinski definition) is 6. The molecule has 2 heterocycles. The van der Waals surface area contributed by atoms with Gasteiger partial charge in [0.05, 0.1) is 18.9 Å². The maximum absolute atomic E-state index is 11.6. The summed E-state index contributed by atoms with van der Waals surface area (Å²) < 4.78 is 5.15. The topological polar surface area (TPSA) is 107 Å². The lowest BCUT2D eigenvalue weighted by atomic mass is 10.4. The Morgan fingerprint density at radius 2 is 2.31 bits per heavy atom. The van der Waals surface area contributed by atoms with Crippen LogP contribution in [0, 0.1) is 0 Å². The van der Waals surface area contributed by atoms with E-state index in [2.05, 4.69) is 20.5 Å². The minimum absolute atomic E-state index is 0.123. The van der Waals surface area contributed by atoms with Crippen molar-refractivity contribution in [3.63, 3.8) is 0 Å². The minimum Gasteiger partial charge on any atom is -0.455 e. The van der Waals surface area contributed by atoms with Crippen LogP contribution >= 0.6 is 0 Å². The van der Waals surface area contributed by atoms with Gasteiger partial charge in [0.1, 0.15) is 5.76 Å². The van der Waals surface area contributed by atoms with Crippen LogP contribution < -0.4 is 11.1 Å². The molecule has 2 aromatic rings. The third kappa shape index (κ3) is 2.20.